The Morgan fingerprint density at radius 2 is 2.32 bits per heavy atom. The first-order valence-electron chi connectivity index (χ1n) is 6.34. The first-order chi connectivity index (χ1) is 8.65. The summed E-state index contributed by atoms with van der Waals surface area (Å²) < 4.78 is 0. The highest BCUT2D eigenvalue weighted by molar-refractivity contribution is 6.30. The molecule has 1 atom stereocenters. The van der Waals surface area contributed by atoms with E-state index in [2.05, 4.69) is 5.32 Å². The van der Waals surface area contributed by atoms with Crippen LogP contribution in [0.25, 0.3) is 0 Å². The lowest BCUT2D eigenvalue weighted by Gasteiger charge is -2.19. The van der Waals surface area contributed by atoms with Crippen molar-refractivity contribution in [3.05, 3.63) is 34.9 Å². The Kier molecular flexibility index (Phi) is 6.63. The quantitative estimate of drug-likeness (QED) is 0.927. The second-order valence-electron chi connectivity index (χ2n) is 4.94. The highest BCUT2D eigenvalue weighted by atomic mass is 35.5. The van der Waals surface area contributed by atoms with Crippen LogP contribution < -0.4 is 5.32 Å². The van der Waals surface area contributed by atoms with Gasteiger partial charge in [-0.3, -0.25) is 4.79 Å². The Balaban J connectivity index is 0.00000180. The van der Waals surface area contributed by atoms with Gasteiger partial charge < -0.3 is 10.2 Å². The fourth-order valence-electron chi connectivity index (χ4n) is 2.29. The van der Waals surface area contributed by atoms with Crippen molar-refractivity contribution in [3.63, 3.8) is 0 Å². The predicted molar refractivity (Wildman–Crippen MR) is 80.8 cm³/mol. The molecule has 0 radical (unpaired) electrons. The summed E-state index contributed by atoms with van der Waals surface area (Å²) in [7, 11) is 1.85. The van der Waals surface area contributed by atoms with Crippen LogP contribution in [0.1, 0.15) is 18.4 Å². The summed E-state index contributed by atoms with van der Waals surface area (Å²) in [6.45, 7) is 2.63. The zero-order chi connectivity index (χ0) is 13.0. The third-order valence-electron chi connectivity index (χ3n) is 3.36. The van der Waals surface area contributed by atoms with E-state index in [-0.39, 0.29) is 18.3 Å². The van der Waals surface area contributed by atoms with Crippen molar-refractivity contribution in [1.29, 1.82) is 0 Å². The number of carbonyl (C=O) groups excluding carboxylic acids is 1. The zero-order valence-electron chi connectivity index (χ0n) is 11.1. The summed E-state index contributed by atoms with van der Waals surface area (Å²) in [5.41, 5.74) is 1.07. The van der Waals surface area contributed by atoms with E-state index in [0.29, 0.717) is 23.9 Å². The highest BCUT2D eigenvalue weighted by Gasteiger charge is 2.20. The largest absolute Gasteiger partial charge is 0.341 e. The Hall–Kier alpha value is -0.770. The third kappa shape index (κ3) is 5.01. The van der Waals surface area contributed by atoms with Gasteiger partial charge in [0, 0.05) is 25.0 Å². The molecule has 1 aliphatic heterocycles. The van der Waals surface area contributed by atoms with Crippen LogP contribution in [0.15, 0.2) is 24.3 Å². The second kappa shape index (κ2) is 7.73. The summed E-state index contributed by atoms with van der Waals surface area (Å²) in [6, 6.07) is 7.66. The van der Waals surface area contributed by atoms with Gasteiger partial charge in [0.05, 0.1) is 0 Å². The first kappa shape index (κ1) is 16.3. The van der Waals surface area contributed by atoms with Crippen LogP contribution in [-0.2, 0) is 11.3 Å². The van der Waals surface area contributed by atoms with Crippen molar-refractivity contribution in [2.24, 2.45) is 5.92 Å². The molecule has 2 rings (SSSR count). The number of carbonyl (C=O) groups is 1. The molecule has 1 aliphatic rings. The molecule has 1 saturated heterocycles. The number of hydrogen-bond donors (Lipinski definition) is 1. The summed E-state index contributed by atoms with van der Waals surface area (Å²) >= 11 is 5.93. The van der Waals surface area contributed by atoms with Crippen LogP contribution in [0.2, 0.25) is 5.02 Å². The minimum absolute atomic E-state index is 0. The number of nitrogens with zero attached hydrogens (tertiary/aromatic N) is 1. The number of rotatable bonds is 4. The molecule has 1 amide bonds. The summed E-state index contributed by atoms with van der Waals surface area (Å²) in [4.78, 5) is 13.8. The van der Waals surface area contributed by atoms with E-state index in [1.54, 1.807) is 4.90 Å². The van der Waals surface area contributed by atoms with Crippen molar-refractivity contribution < 1.29 is 4.79 Å². The molecule has 1 unspecified atom stereocenters. The number of nitrogens with one attached hydrogen (secondary N) is 1. The van der Waals surface area contributed by atoms with Crippen LogP contribution in [0.3, 0.4) is 0 Å². The lowest BCUT2D eigenvalue weighted by atomic mass is 10.0. The summed E-state index contributed by atoms with van der Waals surface area (Å²) in [5.74, 6) is 0.711. The van der Waals surface area contributed by atoms with E-state index in [1.165, 1.54) is 0 Å². The topological polar surface area (TPSA) is 32.3 Å². The number of halogens is 2. The molecule has 0 saturated carbocycles. The maximum absolute atomic E-state index is 12.1. The van der Waals surface area contributed by atoms with Gasteiger partial charge >= 0.3 is 0 Å². The Morgan fingerprint density at radius 3 is 2.95 bits per heavy atom. The van der Waals surface area contributed by atoms with Crippen molar-refractivity contribution in [2.75, 3.05) is 20.1 Å². The van der Waals surface area contributed by atoms with Gasteiger partial charge in [-0.15, -0.1) is 12.4 Å². The Bertz CT molecular complexity index is 420. The molecule has 0 bridgehead atoms. The SMILES string of the molecule is CN(Cc1cccc(Cl)c1)C(=O)CC1CCNC1.Cl. The molecule has 1 aromatic carbocycles. The van der Waals surface area contributed by atoms with Gasteiger partial charge in [0.15, 0.2) is 0 Å². The van der Waals surface area contributed by atoms with Gasteiger partial charge in [-0.2, -0.15) is 0 Å². The number of benzene rings is 1. The fraction of sp³-hybridized carbons (Fsp3) is 0.500. The molecule has 0 aliphatic carbocycles. The van der Waals surface area contributed by atoms with Crippen LogP contribution in [0, 0.1) is 5.92 Å². The molecule has 1 aromatic rings. The predicted octanol–water partition coefficient (Wildman–Crippen LogP) is 2.72. The van der Waals surface area contributed by atoms with E-state index in [9.17, 15) is 4.79 Å². The summed E-state index contributed by atoms with van der Waals surface area (Å²) in [6.07, 6.45) is 1.75. The Morgan fingerprint density at radius 1 is 1.53 bits per heavy atom. The van der Waals surface area contributed by atoms with Gasteiger partial charge in [-0.1, -0.05) is 23.7 Å². The molecular formula is C14H20Cl2N2O. The van der Waals surface area contributed by atoms with Gasteiger partial charge in [-0.25, -0.2) is 0 Å². The molecule has 0 aromatic heterocycles. The van der Waals surface area contributed by atoms with Gasteiger partial charge in [-0.05, 0) is 43.1 Å². The lowest BCUT2D eigenvalue weighted by Crippen LogP contribution is -2.28. The maximum atomic E-state index is 12.1. The number of amides is 1. The van der Waals surface area contributed by atoms with Crippen molar-refractivity contribution >= 4 is 29.9 Å². The van der Waals surface area contributed by atoms with E-state index < -0.39 is 0 Å². The van der Waals surface area contributed by atoms with Crippen molar-refractivity contribution in [2.45, 2.75) is 19.4 Å². The fourth-order valence-corrected chi connectivity index (χ4v) is 2.50. The minimum Gasteiger partial charge on any atom is -0.341 e. The lowest BCUT2D eigenvalue weighted by molar-refractivity contribution is -0.131. The molecule has 19 heavy (non-hydrogen) atoms. The average molecular weight is 303 g/mol. The zero-order valence-corrected chi connectivity index (χ0v) is 12.6. The maximum Gasteiger partial charge on any atom is 0.222 e. The van der Waals surface area contributed by atoms with Crippen LogP contribution >= 0.6 is 24.0 Å². The van der Waals surface area contributed by atoms with Crippen molar-refractivity contribution in [3.8, 4) is 0 Å². The molecule has 0 spiro atoms. The van der Waals surface area contributed by atoms with Gasteiger partial charge in [0.1, 0.15) is 0 Å². The highest BCUT2D eigenvalue weighted by Crippen LogP contribution is 2.16. The van der Waals surface area contributed by atoms with Gasteiger partial charge in [0.25, 0.3) is 0 Å². The van der Waals surface area contributed by atoms with Crippen LogP contribution in [-0.4, -0.2) is 30.9 Å². The monoisotopic (exact) mass is 302 g/mol. The first-order valence-corrected chi connectivity index (χ1v) is 6.72. The normalized spacial score (nSPS) is 17.9. The molecular weight excluding hydrogens is 283 g/mol. The second-order valence-corrected chi connectivity index (χ2v) is 5.38. The van der Waals surface area contributed by atoms with Crippen molar-refractivity contribution in [1.82, 2.24) is 10.2 Å². The Labute approximate surface area is 125 Å². The van der Waals surface area contributed by atoms with E-state index >= 15 is 0 Å². The van der Waals surface area contributed by atoms with Crippen LogP contribution in [0.4, 0.5) is 0 Å². The number of hydrogen-bond acceptors (Lipinski definition) is 2. The minimum atomic E-state index is 0. The smallest absolute Gasteiger partial charge is 0.222 e. The molecule has 1 N–H and O–H groups in total. The molecule has 1 heterocycles. The molecule has 5 heteroatoms. The average Bonchev–Trinajstić information content (AvgIpc) is 2.81. The van der Waals surface area contributed by atoms with E-state index in [0.717, 1.165) is 25.1 Å². The van der Waals surface area contributed by atoms with Gasteiger partial charge in [0.2, 0.25) is 5.91 Å². The summed E-state index contributed by atoms with van der Waals surface area (Å²) in [5, 5.41) is 4.00. The van der Waals surface area contributed by atoms with E-state index in [4.69, 9.17) is 11.6 Å². The molecule has 1 fully saturated rings. The molecule has 106 valence electrons. The third-order valence-corrected chi connectivity index (χ3v) is 3.60. The standard InChI is InChI=1S/C14H19ClN2O.ClH/c1-17(10-12-3-2-4-13(15)7-12)14(18)8-11-5-6-16-9-11;/h2-4,7,11,16H,5-6,8-10H2,1H3;1H. The van der Waals surface area contributed by atoms with E-state index in [1.807, 2.05) is 31.3 Å². The molecule has 3 nitrogen and oxygen atoms in total. The van der Waals surface area contributed by atoms with Crippen LogP contribution in [0.5, 0.6) is 0 Å².